The maximum Gasteiger partial charge on any atom is 0.101 e. The second kappa shape index (κ2) is 10.9. The molecule has 0 unspecified atom stereocenters. The minimum absolute atomic E-state index is 0.373. The van der Waals surface area contributed by atoms with Crippen molar-refractivity contribution in [1.82, 2.24) is 9.13 Å². The van der Waals surface area contributed by atoms with Crippen LogP contribution in [0.25, 0.3) is 77.2 Å². The molecule has 0 aliphatic carbocycles. The third-order valence-corrected chi connectivity index (χ3v) is 9.40. The summed E-state index contributed by atoms with van der Waals surface area (Å²) in [5, 5.41) is 24.2. The largest absolute Gasteiger partial charge is 0.309 e. The third-order valence-electron chi connectivity index (χ3n) is 9.40. The Kier molecular flexibility index (Phi) is 6.22. The molecule has 9 rings (SSSR count). The Hall–Kier alpha value is -6.88. The number of hydrogen-bond donors (Lipinski definition) is 0. The van der Waals surface area contributed by atoms with E-state index in [9.17, 15) is 10.5 Å². The van der Waals surface area contributed by atoms with Crippen molar-refractivity contribution in [1.29, 1.82) is 10.5 Å². The second-order valence-electron chi connectivity index (χ2n) is 12.0. The van der Waals surface area contributed by atoms with Gasteiger partial charge in [0.1, 0.15) is 12.1 Å². The highest BCUT2D eigenvalue weighted by atomic mass is 15.0. The molecule has 9 aromatic rings. The summed E-state index contributed by atoms with van der Waals surface area (Å²) in [6.45, 7) is 0. The van der Waals surface area contributed by atoms with Gasteiger partial charge in [0.15, 0.2) is 0 Å². The Morgan fingerprint density at radius 3 is 1.81 bits per heavy atom. The van der Waals surface area contributed by atoms with Gasteiger partial charge in [0.05, 0.1) is 33.2 Å². The van der Waals surface area contributed by atoms with E-state index in [1.165, 1.54) is 32.6 Å². The van der Waals surface area contributed by atoms with Crippen molar-refractivity contribution in [2.75, 3.05) is 0 Å². The molecule has 0 saturated carbocycles. The van der Waals surface area contributed by atoms with Crippen molar-refractivity contribution in [3.05, 3.63) is 169 Å². The van der Waals surface area contributed by atoms with Crippen LogP contribution in [0.2, 0.25) is 0 Å². The van der Waals surface area contributed by atoms with Crippen LogP contribution in [0.15, 0.2) is 158 Å². The Morgan fingerprint density at radius 2 is 1.06 bits per heavy atom. The predicted molar refractivity (Wildman–Crippen MR) is 195 cm³/mol. The standard InChI is InChI=1S/C44H26N4/c45-27-31-20-19-30(25-32(31)28-46)35-22-21-34(26-39(35)29-11-3-1-4-12-29)47-41-18-10-8-16-38(41)43-42(47)24-23-37-36-15-7-9-17-40(36)48(44(37)43)33-13-5-2-6-14-33/h1-26H. The first kappa shape index (κ1) is 27.4. The molecule has 0 atom stereocenters. The maximum absolute atomic E-state index is 9.79. The lowest BCUT2D eigenvalue weighted by molar-refractivity contribution is 1.17. The molecule has 2 heterocycles. The van der Waals surface area contributed by atoms with E-state index in [4.69, 9.17) is 0 Å². The molecular weight excluding hydrogens is 585 g/mol. The van der Waals surface area contributed by atoms with Crippen molar-refractivity contribution in [2.45, 2.75) is 0 Å². The van der Waals surface area contributed by atoms with Crippen LogP contribution in [0.3, 0.4) is 0 Å². The first-order chi connectivity index (χ1) is 23.7. The first-order valence-corrected chi connectivity index (χ1v) is 15.9. The topological polar surface area (TPSA) is 57.4 Å². The number of benzene rings is 7. The molecule has 0 amide bonds. The van der Waals surface area contributed by atoms with Crippen LogP contribution < -0.4 is 0 Å². The van der Waals surface area contributed by atoms with Gasteiger partial charge in [-0.15, -0.1) is 0 Å². The third kappa shape index (κ3) is 4.07. The van der Waals surface area contributed by atoms with Crippen LogP contribution in [-0.2, 0) is 0 Å². The van der Waals surface area contributed by atoms with Crippen LogP contribution >= 0.6 is 0 Å². The maximum atomic E-state index is 9.79. The molecule has 48 heavy (non-hydrogen) atoms. The van der Waals surface area contributed by atoms with Gasteiger partial charge in [0.25, 0.3) is 0 Å². The lowest BCUT2D eigenvalue weighted by Crippen LogP contribution is -1.97. The molecular formula is C44H26N4. The summed E-state index contributed by atoms with van der Waals surface area (Å²) < 4.78 is 4.77. The van der Waals surface area contributed by atoms with Gasteiger partial charge in [-0.1, -0.05) is 103 Å². The molecule has 0 bridgehead atoms. The highest BCUT2D eigenvalue weighted by Gasteiger charge is 2.21. The van der Waals surface area contributed by atoms with E-state index < -0.39 is 0 Å². The highest BCUT2D eigenvalue weighted by molar-refractivity contribution is 6.26. The smallest absolute Gasteiger partial charge is 0.101 e. The second-order valence-corrected chi connectivity index (χ2v) is 12.0. The summed E-state index contributed by atoms with van der Waals surface area (Å²) in [5.74, 6) is 0. The van der Waals surface area contributed by atoms with Gasteiger partial charge in [-0.2, -0.15) is 10.5 Å². The van der Waals surface area contributed by atoms with Crippen LogP contribution in [0.4, 0.5) is 0 Å². The molecule has 0 N–H and O–H groups in total. The zero-order valence-electron chi connectivity index (χ0n) is 25.8. The number of hydrogen-bond acceptors (Lipinski definition) is 2. The van der Waals surface area contributed by atoms with Crippen molar-refractivity contribution in [2.24, 2.45) is 0 Å². The van der Waals surface area contributed by atoms with Crippen molar-refractivity contribution in [3.63, 3.8) is 0 Å². The number of fused-ring (bicyclic) bond motifs is 7. The summed E-state index contributed by atoms with van der Waals surface area (Å²) >= 11 is 0. The zero-order chi connectivity index (χ0) is 32.2. The number of nitriles is 2. The molecule has 0 spiro atoms. The molecule has 0 saturated heterocycles. The van der Waals surface area contributed by atoms with Crippen molar-refractivity contribution < 1.29 is 0 Å². The van der Waals surface area contributed by atoms with E-state index in [-0.39, 0.29) is 0 Å². The lowest BCUT2D eigenvalue weighted by atomic mass is 9.92. The summed E-state index contributed by atoms with van der Waals surface area (Å²) in [6, 6.07) is 59.2. The predicted octanol–water partition coefficient (Wildman–Crippen LogP) is 11.0. The Morgan fingerprint density at radius 1 is 0.396 bits per heavy atom. The van der Waals surface area contributed by atoms with Crippen molar-refractivity contribution >= 4 is 43.6 Å². The lowest BCUT2D eigenvalue weighted by Gasteiger charge is -2.15. The Labute approximate surface area is 277 Å². The molecule has 0 aliphatic rings. The van der Waals surface area contributed by atoms with Gasteiger partial charge in [-0.25, -0.2) is 0 Å². The van der Waals surface area contributed by atoms with Crippen molar-refractivity contribution in [3.8, 4) is 45.8 Å². The van der Waals surface area contributed by atoms with Crippen LogP contribution in [-0.4, -0.2) is 9.13 Å². The van der Waals surface area contributed by atoms with Crippen LogP contribution in [0, 0.1) is 22.7 Å². The van der Waals surface area contributed by atoms with Gasteiger partial charge in [0, 0.05) is 32.9 Å². The number of aromatic nitrogens is 2. The van der Waals surface area contributed by atoms with E-state index in [0.29, 0.717) is 11.1 Å². The van der Waals surface area contributed by atoms with Crippen LogP contribution in [0.5, 0.6) is 0 Å². The van der Waals surface area contributed by atoms with E-state index in [1.807, 2.05) is 30.3 Å². The van der Waals surface area contributed by atoms with Gasteiger partial charge in [0.2, 0.25) is 0 Å². The van der Waals surface area contributed by atoms with Gasteiger partial charge in [-0.05, 0) is 76.9 Å². The summed E-state index contributed by atoms with van der Waals surface area (Å²) in [5.41, 5.74) is 11.6. The summed E-state index contributed by atoms with van der Waals surface area (Å²) in [4.78, 5) is 0. The SMILES string of the molecule is N#Cc1ccc(-c2ccc(-n3c4ccccc4c4c3ccc3c5ccccc5n(-c5ccccc5)c34)cc2-c2ccccc2)cc1C#N. The fraction of sp³-hybridized carbons (Fsp3) is 0. The van der Waals surface area contributed by atoms with Gasteiger partial charge in [-0.3, -0.25) is 0 Å². The number of para-hydroxylation sites is 3. The molecule has 222 valence electrons. The summed E-state index contributed by atoms with van der Waals surface area (Å²) in [7, 11) is 0. The molecule has 0 fully saturated rings. The Bertz CT molecular complexity index is 2790. The Balaban J connectivity index is 1.37. The van der Waals surface area contributed by atoms with E-state index >= 15 is 0 Å². The molecule has 2 aromatic heterocycles. The van der Waals surface area contributed by atoms with Gasteiger partial charge >= 0.3 is 0 Å². The number of rotatable bonds is 4. The average molecular weight is 611 g/mol. The van der Waals surface area contributed by atoms with Gasteiger partial charge < -0.3 is 9.13 Å². The first-order valence-electron chi connectivity index (χ1n) is 15.9. The highest BCUT2D eigenvalue weighted by Crippen LogP contribution is 2.43. The van der Waals surface area contributed by atoms with E-state index in [2.05, 4.69) is 143 Å². The fourth-order valence-corrected chi connectivity index (χ4v) is 7.31. The fourth-order valence-electron chi connectivity index (χ4n) is 7.31. The zero-order valence-corrected chi connectivity index (χ0v) is 25.8. The van der Waals surface area contributed by atoms with Crippen LogP contribution in [0.1, 0.15) is 11.1 Å². The monoisotopic (exact) mass is 610 g/mol. The molecule has 0 aliphatic heterocycles. The van der Waals surface area contributed by atoms with E-state index in [0.717, 1.165) is 44.7 Å². The minimum atomic E-state index is 0.373. The quantitative estimate of drug-likeness (QED) is 0.199. The van der Waals surface area contributed by atoms with E-state index in [1.54, 1.807) is 6.07 Å². The number of nitrogens with zero attached hydrogens (tertiary/aromatic N) is 4. The molecule has 4 heteroatoms. The molecule has 7 aromatic carbocycles. The normalized spacial score (nSPS) is 11.3. The summed E-state index contributed by atoms with van der Waals surface area (Å²) in [6.07, 6.45) is 0. The molecule has 0 radical (unpaired) electrons. The average Bonchev–Trinajstić information content (AvgIpc) is 3.68. The molecule has 4 nitrogen and oxygen atoms in total. The minimum Gasteiger partial charge on any atom is -0.309 e.